The van der Waals surface area contributed by atoms with Crippen molar-refractivity contribution < 1.29 is 14.3 Å². The number of piperidine rings is 1. The van der Waals surface area contributed by atoms with Crippen LogP contribution in [0.4, 0.5) is 0 Å². The van der Waals surface area contributed by atoms with Gasteiger partial charge in [0.25, 0.3) is 0 Å². The second kappa shape index (κ2) is 9.60. The Morgan fingerprint density at radius 3 is 2.56 bits per heavy atom. The summed E-state index contributed by atoms with van der Waals surface area (Å²) in [4.78, 5) is 27.4. The molecule has 1 unspecified atom stereocenters. The fourth-order valence-electron chi connectivity index (χ4n) is 4.87. The van der Waals surface area contributed by atoms with Gasteiger partial charge in [0.2, 0.25) is 5.91 Å². The Balaban J connectivity index is 1.58. The molecule has 0 spiro atoms. The molecule has 32 heavy (non-hydrogen) atoms. The Morgan fingerprint density at radius 2 is 1.84 bits per heavy atom. The van der Waals surface area contributed by atoms with Crippen molar-refractivity contribution in [2.45, 2.75) is 39.0 Å². The molecule has 0 N–H and O–H groups in total. The van der Waals surface area contributed by atoms with E-state index in [9.17, 15) is 9.59 Å². The van der Waals surface area contributed by atoms with Gasteiger partial charge in [-0.25, -0.2) is 0 Å². The zero-order valence-electron chi connectivity index (χ0n) is 19.2. The number of carbonyl (C=O) groups is 2. The number of hydrogen-bond donors (Lipinski definition) is 0. The van der Waals surface area contributed by atoms with Crippen molar-refractivity contribution in [3.05, 3.63) is 71.4 Å². The van der Waals surface area contributed by atoms with E-state index in [0.29, 0.717) is 39.0 Å². The molecule has 1 aliphatic heterocycles. The summed E-state index contributed by atoms with van der Waals surface area (Å²) in [7, 11) is 2.06. The summed E-state index contributed by atoms with van der Waals surface area (Å²) in [6.45, 7) is 5.54. The van der Waals surface area contributed by atoms with Crippen molar-refractivity contribution in [2.75, 3.05) is 19.7 Å². The Kier molecular flexibility index (Phi) is 6.63. The van der Waals surface area contributed by atoms with E-state index in [4.69, 9.17) is 4.74 Å². The number of fused-ring (bicyclic) bond motifs is 1. The SMILES string of the molecule is CCOC(=O)C1CCN(C(=O)CC(c2cccc(C)c2)c2cn(C)c3ccccc23)CC1. The Labute approximate surface area is 190 Å². The van der Waals surface area contributed by atoms with E-state index < -0.39 is 0 Å². The number of rotatable bonds is 6. The van der Waals surface area contributed by atoms with Crippen LogP contribution in [-0.2, 0) is 21.4 Å². The molecule has 5 heteroatoms. The Bertz CT molecular complexity index is 1110. The van der Waals surface area contributed by atoms with E-state index >= 15 is 0 Å². The molecule has 2 aromatic carbocycles. The van der Waals surface area contributed by atoms with E-state index in [1.165, 1.54) is 22.0 Å². The van der Waals surface area contributed by atoms with Gasteiger partial charge in [0.1, 0.15) is 0 Å². The van der Waals surface area contributed by atoms with Crippen LogP contribution in [0.5, 0.6) is 0 Å². The van der Waals surface area contributed by atoms with Crippen LogP contribution in [0.25, 0.3) is 10.9 Å². The van der Waals surface area contributed by atoms with Crippen LogP contribution in [0.3, 0.4) is 0 Å². The third-order valence-electron chi connectivity index (χ3n) is 6.59. The Hall–Kier alpha value is -3.08. The summed E-state index contributed by atoms with van der Waals surface area (Å²) < 4.78 is 7.31. The van der Waals surface area contributed by atoms with Crippen LogP contribution in [0, 0.1) is 12.8 Å². The smallest absolute Gasteiger partial charge is 0.309 e. The maximum atomic E-state index is 13.4. The van der Waals surface area contributed by atoms with Gasteiger partial charge in [-0.05, 0) is 43.9 Å². The molecule has 5 nitrogen and oxygen atoms in total. The number of ether oxygens (including phenoxy) is 1. The van der Waals surface area contributed by atoms with Crippen molar-refractivity contribution in [2.24, 2.45) is 13.0 Å². The van der Waals surface area contributed by atoms with Crippen molar-refractivity contribution in [3.63, 3.8) is 0 Å². The number of hydrogen-bond acceptors (Lipinski definition) is 3. The van der Waals surface area contributed by atoms with E-state index in [0.717, 1.165) is 5.56 Å². The second-order valence-corrected chi connectivity index (χ2v) is 8.79. The molecule has 1 amide bonds. The first-order valence-electron chi connectivity index (χ1n) is 11.5. The van der Waals surface area contributed by atoms with E-state index in [1.54, 1.807) is 0 Å². The highest BCUT2D eigenvalue weighted by Crippen LogP contribution is 2.35. The standard InChI is InChI=1S/C27H32N2O3/c1-4-32-27(31)20-12-14-29(15-13-20)26(30)17-23(21-9-7-8-19(2)16-21)24-18-28(3)25-11-6-5-10-22(24)25/h5-11,16,18,20,23H,4,12-15,17H2,1-3H3. The lowest BCUT2D eigenvalue weighted by atomic mass is 9.86. The zero-order valence-corrected chi connectivity index (χ0v) is 19.2. The summed E-state index contributed by atoms with van der Waals surface area (Å²) in [6.07, 6.45) is 3.93. The maximum Gasteiger partial charge on any atom is 0.309 e. The van der Waals surface area contributed by atoms with Crippen LogP contribution in [0.15, 0.2) is 54.7 Å². The third kappa shape index (κ3) is 4.57. The monoisotopic (exact) mass is 432 g/mol. The van der Waals surface area contributed by atoms with E-state index in [1.807, 2.05) is 17.9 Å². The topological polar surface area (TPSA) is 51.5 Å². The summed E-state index contributed by atoms with van der Waals surface area (Å²) in [6, 6.07) is 16.8. The summed E-state index contributed by atoms with van der Waals surface area (Å²) >= 11 is 0. The lowest BCUT2D eigenvalue weighted by Crippen LogP contribution is -2.41. The minimum atomic E-state index is -0.131. The van der Waals surface area contributed by atoms with Crippen LogP contribution in [0.2, 0.25) is 0 Å². The van der Waals surface area contributed by atoms with Gasteiger partial charge >= 0.3 is 5.97 Å². The number of likely N-dealkylation sites (tertiary alicyclic amines) is 1. The molecule has 0 radical (unpaired) electrons. The predicted octanol–water partition coefficient (Wildman–Crippen LogP) is 4.81. The average Bonchev–Trinajstić information content (AvgIpc) is 3.14. The van der Waals surface area contributed by atoms with Gasteiger partial charge in [0, 0.05) is 49.6 Å². The van der Waals surface area contributed by atoms with Crippen molar-refractivity contribution in [1.82, 2.24) is 9.47 Å². The first-order valence-corrected chi connectivity index (χ1v) is 11.5. The van der Waals surface area contributed by atoms with Gasteiger partial charge in [-0.2, -0.15) is 0 Å². The molecule has 0 saturated carbocycles. The van der Waals surface area contributed by atoms with Crippen molar-refractivity contribution in [3.8, 4) is 0 Å². The number of aromatic nitrogens is 1. The minimum Gasteiger partial charge on any atom is -0.466 e. The van der Waals surface area contributed by atoms with Crippen LogP contribution < -0.4 is 0 Å². The van der Waals surface area contributed by atoms with Gasteiger partial charge in [-0.1, -0.05) is 48.0 Å². The Morgan fingerprint density at radius 1 is 1.09 bits per heavy atom. The number of carbonyl (C=O) groups excluding carboxylic acids is 2. The number of benzene rings is 2. The molecule has 2 heterocycles. The lowest BCUT2D eigenvalue weighted by Gasteiger charge is -2.32. The second-order valence-electron chi connectivity index (χ2n) is 8.79. The maximum absolute atomic E-state index is 13.4. The quantitative estimate of drug-likeness (QED) is 0.525. The highest BCUT2D eigenvalue weighted by atomic mass is 16.5. The number of esters is 1. The molecule has 1 fully saturated rings. The number of amides is 1. The van der Waals surface area contributed by atoms with Crippen LogP contribution in [-0.4, -0.2) is 41.0 Å². The van der Waals surface area contributed by atoms with Gasteiger partial charge in [0.15, 0.2) is 0 Å². The first kappa shape index (κ1) is 22.1. The molecule has 1 atom stereocenters. The van der Waals surface area contributed by atoms with Crippen molar-refractivity contribution in [1.29, 1.82) is 0 Å². The molecule has 4 rings (SSSR count). The van der Waals surface area contributed by atoms with Gasteiger partial charge in [-0.15, -0.1) is 0 Å². The average molecular weight is 433 g/mol. The summed E-state index contributed by atoms with van der Waals surface area (Å²) in [5.74, 6) is -0.0966. The van der Waals surface area contributed by atoms with Gasteiger partial charge in [-0.3, -0.25) is 9.59 Å². The molecule has 1 saturated heterocycles. The van der Waals surface area contributed by atoms with Gasteiger partial charge in [0.05, 0.1) is 12.5 Å². The number of aryl methyl sites for hydroxylation is 2. The molecule has 0 aliphatic carbocycles. The molecular formula is C27H32N2O3. The third-order valence-corrected chi connectivity index (χ3v) is 6.59. The van der Waals surface area contributed by atoms with Crippen LogP contribution in [0.1, 0.15) is 48.8 Å². The fraction of sp³-hybridized carbons (Fsp3) is 0.407. The molecule has 168 valence electrons. The largest absolute Gasteiger partial charge is 0.466 e. The molecule has 0 bridgehead atoms. The van der Waals surface area contributed by atoms with E-state index in [-0.39, 0.29) is 23.7 Å². The van der Waals surface area contributed by atoms with Crippen molar-refractivity contribution >= 4 is 22.8 Å². The summed E-state index contributed by atoms with van der Waals surface area (Å²) in [5, 5.41) is 1.19. The molecule has 3 aromatic rings. The molecule has 1 aromatic heterocycles. The minimum absolute atomic E-state index is 0.0173. The first-order chi connectivity index (χ1) is 15.5. The molecular weight excluding hydrogens is 400 g/mol. The zero-order chi connectivity index (χ0) is 22.7. The normalized spacial score (nSPS) is 15.7. The predicted molar refractivity (Wildman–Crippen MR) is 126 cm³/mol. The van der Waals surface area contributed by atoms with E-state index in [2.05, 4.69) is 67.2 Å². The highest BCUT2D eigenvalue weighted by molar-refractivity contribution is 5.86. The number of para-hydroxylation sites is 1. The number of nitrogens with zero attached hydrogens (tertiary/aromatic N) is 2. The highest BCUT2D eigenvalue weighted by Gasteiger charge is 2.30. The molecule has 1 aliphatic rings. The summed E-state index contributed by atoms with van der Waals surface area (Å²) in [5.41, 5.74) is 4.71. The fourth-order valence-corrected chi connectivity index (χ4v) is 4.87. The lowest BCUT2D eigenvalue weighted by molar-refractivity contribution is -0.151. The van der Waals surface area contributed by atoms with Gasteiger partial charge < -0.3 is 14.2 Å². The van der Waals surface area contributed by atoms with Crippen LogP contribution >= 0.6 is 0 Å².